The monoisotopic (exact) mass is 566 g/mol. The zero-order valence-corrected chi connectivity index (χ0v) is 23.2. The topological polar surface area (TPSA) is 92.2 Å². The van der Waals surface area contributed by atoms with E-state index in [9.17, 15) is 17.6 Å². The molecule has 1 fully saturated rings. The van der Waals surface area contributed by atoms with Gasteiger partial charge in [-0.3, -0.25) is 4.79 Å². The van der Waals surface area contributed by atoms with Crippen LogP contribution in [0.4, 0.5) is 9.52 Å². The van der Waals surface area contributed by atoms with Crippen LogP contribution in [-0.2, 0) is 14.8 Å². The van der Waals surface area contributed by atoms with E-state index in [2.05, 4.69) is 10.1 Å². The fourth-order valence-corrected chi connectivity index (χ4v) is 6.95. The number of hydrogen-bond donors (Lipinski definition) is 0. The maximum atomic E-state index is 13.7. The SMILES string of the molecule is Cc1ccc2nc(N(/N=C/c3ccc(F)cc3)C(=O)c3ccc(S(=O)(=O)N4CC(C)OC(C)C4)cc3)sc2c1. The lowest BCUT2D eigenvalue weighted by Gasteiger charge is -2.34. The fourth-order valence-electron chi connectivity index (χ4n) is 4.34. The third kappa shape index (κ3) is 5.91. The number of fused-ring (bicyclic) bond motifs is 1. The number of amides is 1. The highest BCUT2D eigenvalue weighted by Crippen LogP contribution is 2.31. The highest BCUT2D eigenvalue weighted by molar-refractivity contribution is 7.89. The summed E-state index contributed by atoms with van der Waals surface area (Å²) in [6.45, 7) is 6.17. The van der Waals surface area contributed by atoms with Crippen LogP contribution < -0.4 is 5.01 Å². The van der Waals surface area contributed by atoms with Crippen LogP contribution in [0, 0.1) is 12.7 Å². The quantitative estimate of drug-likeness (QED) is 0.236. The Morgan fingerprint density at radius 1 is 1.08 bits per heavy atom. The minimum absolute atomic E-state index is 0.0946. The van der Waals surface area contributed by atoms with Gasteiger partial charge < -0.3 is 4.74 Å². The minimum Gasteiger partial charge on any atom is -0.373 e. The Kier molecular flexibility index (Phi) is 7.59. The molecule has 2 unspecified atom stereocenters. The number of carbonyl (C=O) groups is 1. The summed E-state index contributed by atoms with van der Waals surface area (Å²) in [6.07, 6.45) is 1.03. The molecule has 1 aliphatic rings. The van der Waals surface area contributed by atoms with E-state index in [1.54, 1.807) is 12.1 Å². The summed E-state index contributed by atoms with van der Waals surface area (Å²) < 4.78 is 47.8. The Balaban J connectivity index is 1.46. The number of ether oxygens (including phenoxy) is 1. The van der Waals surface area contributed by atoms with E-state index >= 15 is 0 Å². The molecule has 0 spiro atoms. The van der Waals surface area contributed by atoms with Crippen LogP contribution in [-0.4, -0.2) is 55.1 Å². The lowest BCUT2D eigenvalue weighted by molar-refractivity contribution is -0.0440. The number of aryl methyl sites for hydroxylation is 1. The largest absolute Gasteiger partial charge is 0.373 e. The lowest BCUT2D eigenvalue weighted by Crippen LogP contribution is -2.48. The number of anilines is 1. The number of thiazole rings is 1. The van der Waals surface area contributed by atoms with E-state index in [1.165, 1.54) is 63.3 Å². The molecule has 1 amide bonds. The van der Waals surface area contributed by atoms with Crippen molar-refractivity contribution >= 4 is 48.8 Å². The first-order valence-corrected chi connectivity index (χ1v) is 14.6. The lowest BCUT2D eigenvalue weighted by atomic mass is 10.2. The summed E-state index contributed by atoms with van der Waals surface area (Å²) in [6, 6.07) is 17.3. The van der Waals surface area contributed by atoms with Gasteiger partial charge in [0.1, 0.15) is 5.82 Å². The van der Waals surface area contributed by atoms with Gasteiger partial charge in [0.25, 0.3) is 5.91 Å². The van der Waals surface area contributed by atoms with E-state index in [-0.39, 0.29) is 41.6 Å². The number of rotatable bonds is 6. The van der Waals surface area contributed by atoms with Crippen molar-refractivity contribution in [3.63, 3.8) is 0 Å². The molecule has 5 rings (SSSR count). The van der Waals surface area contributed by atoms with Gasteiger partial charge in [-0.05, 0) is 80.4 Å². The van der Waals surface area contributed by atoms with Crippen molar-refractivity contribution in [3.8, 4) is 0 Å². The normalized spacial score (nSPS) is 18.6. The smallest absolute Gasteiger partial charge is 0.280 e. The van der Waals surface area contributed by atoms with Gasteiger partial charge >= 0.3 is 0 Å². The molecule has 8 nitrogen and oxygen atoms in total. The molecule has 4 aromatic rings. The zero-order chi connectivity index (χ0) is 27.7. The Morgan fingerprint density at radius 3 is 2.41 bits per heavy atom. The third-order valence-electron chi connectivity index (χ3n) is 6.22. The molecule has 0 radical (unpaired) electrons. The first kappa shape index (κ1) is 27.1. The van der Waals surface area contributed by atoms with Gasteiger partial charge in [-0.15, -0.1) is 0 Å². The van der Waals surface area contributed by atoms with Crippen LogP contribution in [0.3, 0.4) is 0 Å². The average Bonchev–Trinajstić information content (AvgIpc) is 3.32. The van der Waals surface area contributed by atoms with Gasteiger partial charge in [0.15, 0.2) is 0 Å². The molecule has 0 bridgehead atoms. The van der Waals surface area contributed by atoms with Crippen molar-refractivity contribution in [2.75, 3.05) is 18.1 Å². The zero-order valence-electron chi connectivity index (χ0n) is 21.6. The molecule has 2 heterocycles. The van der Waals surface area contributed by atoms with E-state index < -0.39 is 15.9 Å². The summed E-state index contributed by atoms with van der Waals surface area (Å²) >= 11 is 1.31. The highest BCUT2D eigenvalue weighted by atomic mass is 32.2. The molecule has 1 aromatic heterocycles. The number of aromatic nitrogens is 1. The molecule has 1 aliphatic heterocycles. The Labute approximate surface area is 230 Å². The van der Waals surface area contributed by atoms with Crippen LogP contribution in [0.5, 0.6) is 0 Å². The summed E-state index contributed by atoms with van der Waals surface area (Å²) in [5.74, 6) is -0.862. The Bertz CT molecular complexity index is 1630. The van der Waals surface area contributed by atoms with E-state index in [0.717, 1.165) is 15.8 Å². The van der Waals surface area contributed by atoms with Gasteiger partial charge in [0, 0.05) is 18.7 Å². The predicted octanol–water partition coefficient (Wildman–Crippen LogP) is 5.22. The predicted molar refractivity (Wildman–Crippen MR) is 150 cm³/mol. The van der Waals surface area contributed by atoms with Gasteiger partial charge in [0.2, 0.25) is 15.2 Å². The molecule has 0 aliphatic carbocycles. The number of carbonyl (C=O) groups excluding carboxylic acids is 1. The molecule has 11 heteroatoms. The number of halogens is 1. The second-order valence-corrected chi connectivity index (χ2v) is 12.4. The fraction of sp³-hybridized carbons (Fsp3) is 0.250. The maximum Gasteiger partial charge on any atom is 0.280 e. The molecule has 39 heavy (non-hydrogen) atoms. The van der Waals surface area contributed by atoms with Crippen molar-refractivity contribution in [1.29, 1.82) is 0 Å². The summed E-state index contributed by atoms with van der Waals surface area (Å²) in [7, 11) is -3.76. The minimum atomic E-state index is -3.76. The molecular weight excluding hydrogens is 539 g/mol. The number of nitrogens with zero attached hydrogens (tertiary/aromatic N) is 4. The van der Waals surface area contributed by atoms with Crippen LogP contribution in [0.25, 0.3) is 10.2 Å². The number of hydrazone groups is 1. The highest BCUT2D eigenvalue weighted by Gasteiger charge is 2.32. The van der Waals surface area contributed by atoms with Crippen molar-refractivity contribution < 1.29 is 22.3 Å². The van der Waals surface area contributed by atoms with Crippen molar-refractivity contribution in [2.24, 2.45) is 5.10 Å². The van der Waals surface area contributed by atoms with Crippen LogP contribution >= 0.6 is 11.3 Å². The van der Waals surface area contributed by atoms with Crippen LogP contribution in [0.15, 0.2) is 76.7 Å². The van der Waals surface area contributed by atoms with E-state index in [0.29, 0.717) is 10.7 Å². The maximum absolute atomic E-state index is 13.7. The van der Waals surface area contributed by atoms with Crippen LogP contribution in [0.2, 0.25) is 0 Å². The molecule has 0 N–H and O–H groups in total. The number of sulfonamides is 1. The second kappa shape index (κ2) is 10.9. The number of benzene rings is 3. The Hall–Kier alpha value is -3.51. The molecule has 1 saturated heterocycles. The average molecular weight is 567 g/mol. The van der Waals surface area contributed by atoms with E-state index in [4.69, 9.17) is 4.74 Å². The van der Waals surface area contributed by atoms with Crippen molar-refractivity contribution in [3.05, 3.63) is 89.2 Å². The third-order valence-corrected chi connectivity index (χ3v) is 9.06. The first-order valence-electron chi connectivity index (χ1n) is 12.4. The molecular formula is C28H27FN4O4S2. The summed E-state index contributed by atoms with van der Waals surface area (Å²) in [5, 5.41) is 5.93. The molecule has 2 atom stereocenters. The van der Waals surface area contributed by atoms with Gasteiger partial charge in [-0.1, -0.05) is 29.5 Å². The second-order valence-electron chi connectivity index (χ2n) is 9.48. The van der Waals surface area contributed by atoms with Crippen molar-refractivity contribution in [1.82, 2.24) is 9.29 Å². The molecule has 0 saturated carbocycles. The summed E-state index contributed by atoms with van der Waals surface area (Å²) in [4.78, 5) is 18.3. The molecule has 202 valence electrons. The van der Waals surface area contributed by atoms with Crippen LogP contribution in [0.1, 0.15) is 35.3 Å². The van der Waals surface area contributed by atoms with Gasteiger partial charge in [-0.2, -0.15) is 14.4 Å². The van der Waals surface area contributed by atoms with E-state index in [1.807, 2.05) is 39.0 Å². The van der Waals surface area contributed by atoms with Crippen molar-refractivity contribution in [2.45, 2.75) is 37.9 Å². The number of morpholine rings is 1. The number of hydrogen-bond acceptors (Lipinski definition) is 7. The Morgan fingerprint density at radius 2 is 1.74 bits per heavy atom. The summed E-state index contributed by atoms with van der Waals surface area (Å²) in [5.41, 5.74) is 2.63. The van der Waals surface area contributed by atoms with Gasteiger partial charge in [-0.25, -0.2) is 17.8 Å². The van der Waals surface area contributed by atoms with Gasteiger partial charge in [0.05, 0.1) is 33.5 Å². The first-order chi connectivity index (χ1) is 18.6. The standard InChI is InChI=1S/C28H27FN4O4S2/c1-18-4-13-25-26(14-18)38-28(31-25)33(30-15-21-5-9-23(29)10-6-21)27(34)22-7-11-24(12-8-22)39(35,36)32-16-19(2)37-20(3)17-32/h4-15,19-20H,16-17H2,1-3H3/b30-15+. The molecule has 3 aromatic carbocycles.